The Bertz CT molecular complexity index is 472. The minimum absolute atomic E-state index is 0.350. The Morgan fingerprint density at radius 3 is 1.63 bits per heavy atom. The van der Waals surface area contributed by atoms with Crippen LogP contribution in [0.1, 0.15) is 18.1 Å². The Morgan fingerprint density at radius 1 is 0.842 bits per heavy atom. The Labute approximate surface area is 120 Å². The van der Waals surface area contributed by atoms with Crippen molar-refractivity contribution in [3.63, 3.8) is 0 Å². The SMILES string of the molecule is CC=CC(Cl)(Cc1ccccc1)Cc1ccccc1. The van der Waals surface area contributed by atoms with E-state index in [1.807, 2.05) is 25.1 Å². The van der Waals surface area contributed by atoms with Crippen LogP contribution in [0.5, 0.6) is 0 Å². The van der Waals surface area contributed by atoms with Crippen molar-refractivity contribution in [1.82, 2.24) is 0 Å². The lowest BCUT2D eigenvalue weighted by molar-refractivity contribution is 0.686. The van der Waals surface area contributed by atoms with E-state index in [4.69, 9.17) is 11.6 Å². The van der Waals surface area contributed by atoms with Crippen molar-refractivity contribution < 1.29 is 0 Å². The predicted molar refractivity (Wildman–Crippen MR) is 83.7 cm³/mol. The third kappa shape index (κ3) is 4.25. The van der Waals surface area contributed by atoms with E-state index in [1.165, 1.54) is 11.1 Å². The first-order valence-electron chi connectivity index (χ1n) is 6.62. The average molecular weight is 271 g/mol. The zero-order chi connectivity index (χ0) is 13.6. The van der Waals surface area contributed by atoms with E-state index in [2.05, 4.69) is 54.6 Å². The molecule has 0 radical (unpaired) electrons. The summed E-state index contributed by atoms with van der Waals surface area (Å²) < 4.78 is 0. The molecule has 0 N–H and O–H groups in total. The maximum absolute atomic E-state index is 6.82. The molecule has 0 unspecified atom stereocenters. The summed E-state index contributed by atoms with van der Waals surface area (Å²) in [5.41, 5.74) is 2.54. The second-order valence-electron chi connectivity index (χ2n) is 4.86. The maximum atomic E-state index is 6.82. The Hall–Kier alpha value is -1.53. The molecule has 0 bridgehead atoms. The van der Waals surface area contributed by atoms with Crippen LogP contribution in [-0.4, -0.2) is 4.87 Å². The molecule has 1 heteroatoms. The fourth-order valence-corrected chi connectivity index (χ4v) is 2.78. The molecule has 0 amide bonds. The van der Waals surface area contributed by atoms with Gasteiger partial charge in [-0.1, -0.05) is 72.8 Å². The van der Waals surface area contributed by atoms with Crippen molar-refractivity contribution in [2.24, 2.45) is 0 Å². The predicted octanol–water partition coefficient (Wildman–Crippen LogP) is 5.03. The van der Waals surface area contributed by atoms with Crippen LogP contribution in [-0.2, 0) is 12.8 Å². The van der Waals surface area contributed by atoms with E-state index < -0.39 is 0 Å². The zero-order valence-electron chi connectivity index (χ0n) is 11.2. The van der Waals surface area contributed by atoms with Gasteiger partial charge >= 0.3 is 0 Å². The Balaban J connectivity index is 2.18. The first-order valence-corrected chi connectivity index (χ1v) is 7.00. The summed E-state index contributed by atoms with van der Waals surface area (Å²) in [5.74, 6) is 0. The molecular weight excluding hydrogens is 252 g/mol. The molecule has 0 aliphatic rings. The van der Waals surface area contributed by atoms with Crippen LogP contribution < -0.4 is 0 Å². The van der Waals surface area contributed by atoms with Gasteiger partial charge in [0.25, 0.3) is 0 Å². The third-order valence-electron chi connectivity index (χ3n) is 3.15. The van der Waals surface area contributed by atoms with E-state index in [1.54, 1.807) is 0 Å². The number of halogens is 1. The molecule has 2 aromatic rings. The van der Waals surface area contributed by atoms with E-state index in [-0.39, 0.29) is 4.87 Å². The molecule has 0 saturated carbocycles. The molecule has 0 saturated heterocycles. The highest BCUT2D eigenvalue weighted by atomic mass is 35.5. The molecule has 0 aliphatic carbocycles. The van der Waals surface area contributed by atoms with Crippen LogP contribution in [0.4, 0.5) is 0 Å². The number of alkyl halides is 1. The van der Waals surface area contributed by atoms with Crippen molar-refractivity contribution in [1.29, 1.82) is 0 Å². The molecule has 2 aromatic carbocycles. The fraction of sp³-hybridized carbons (Fsp3) is 0.222. The van der Waals surface area contributed by atoms with Gasteiger partial charge in [-0.15, -0.1) is 11.6 Å². The quantitative estimate of drug-likeness (QED) is 0.528. The van der Waals surface area contributed by atoms with Crippen LogP contribution in [0, 0.1) is 0 Å². The van der Waals surface area contributed by atoms with Gasteiger partial charge in [-0.3, -0.25) is 0 Å². The van der Waals surface area contributed by atoms with Crippen LogP contribution in [0.2, 0.25) is 0 Å². The molecule has 98 valence electrons. The summed E-state index contributed by atoms with van der Waals surface area (Å²) in [5, 5.41) is 0. The lowest BCUT2D eigenvalue weighted by Gasteiger charge is -2.24. The Kier molecular flexibility index (Phi) is 4.81. The molecule has 0 fully saturated rings. The highest BCUT2D eigenvalue weighted by molar-refractivity contribution is 6.25. The van der Waals surface area contributed by atoms with Crippen molar-refractivity contribution >= 4 is 11.6 Å². The smallest absolute Gasteiger partial charge is 0.0706 e. The van der Waals surface area contributed by atoms with Crippen LogP contribution in [0.25, 0.3) is 0 Å². The van der Waals surface area contributed by atoms with Gasteiger partial charge in [0.05, 0.1) is 4.87 Å². The lowest BCUT2D eigenvalue weighted by Crippen LogP contribution is -2.25. The van der Waals surface area contributed by atoms with Crippen molar-refractivity contribution in [2.75, 3.05) is 0 Å². The van der Waals surface area contributed by atoms with E-state index in [0.717, 1.165) is 12.8 Å². The molecule has 0 aromatic heterocycles. The topological polar surface area (TPSA) is 0 Å². The van der Waals surface area contributed by atoms with E-state index in [0.29, 0.717) is 0 Å². The van der Waals surface area contributed by atoms with Gasteiger partial charge in [0, 0.05) is 0 Å². The van der Waals surface area contributed by atoms with Crippen molar-refractivity contribution in [3.05, 3.63) is 83.9 Å². The van der Waals surface area contributed by atoms with Gasteiger partial charge in [-0.05, 0) is 30.9 Å². The second kappa shape index (κ2) is 6.58. The molecule has 2 rings (SSSR count). The molecule has 0 aliphatic heterocycles. The van der Waals surface area contributed by atoms with Crippen LogP contribution in [0.3, 0.4) is 0 Å². The molecule has 0 spiro atoms. The highest BCUT2D eigenvalue weighted by Gasteiger charge is 2.24. The maximum Gasteiger partial charge on any atom is 0.0706 e. The van der Waals surface area contributed by atoms with Crippen LogP contribution >= 0.6 is 11.6 Å². The monoisotopic (exact) mass is 270 g/mol. The average Bonchev–Trinajstić information content (AvgIpc) is 2.41. The fourth-order valence-electron chi connectivity index (χ4n) is 2.35. The van der Waals surface area contributed by atoms with Crippen molar-refractivity contribution in [2.45, 2.75) is 24.6 Å². The second-order valence-corrected chi connectivity index (χ2v) is 5.61. The number of rotatable bonds is 5. The summed E-state index contributed by atoms with van der Waals surface area (Å²) in [6.45, 7) is 2.02. The van der Waals surface area contributed by atoms with Gasteiger partial charge in [-0.25, -0.2) is 0 Å². The molecule has 0 heterocycles. The molecule has 0 atom stereocenters. The van der Waals surface area contributed by atoms with E-state index >= 15 is 0 Å². The minimum Gasteiger partial charge on any atom is -0.114 e. The van der Waals surface area contributed by atoms with Gasteiger partial charge in [0.2, 0.25) is 0 Å². The lowest BCUT2D eigenvalue weighted by atomic mass is 9.91. The first-order chi connectivity index (χ1) is 9.22. The van der Waals surface area contributed by atoms with Gasteiger partial charge in [0.15, 0.2) is 0 Å². The summed E-state index contributed by atoms with van der Waals surface area (Å²) in [7, 11) is 0. The first kappa shape index (κ1) is 13.9. The normalized spacial score (nSPS) is 11.9. The highest BCUT2D eigenvalue weighted by Crippen LogP contribution is 2.27. The largest absolute Gasteiger partial charge is 0.114 e. The number of hydrogen-bond acceptors (Lipinski definition) is 0. The van der Waals surface area contributed by atoms with Crippen molar-refractivity contribution in [3.8, 4) is 0 Å². The molecular formula is C18H19Cl. The minimum atomic E-state index is -0.350. The number of hydrogen-bond donors (Lipinski definition) is 0. The van der Waals surface area contributed by atoms with Crippen LogP contribution in [0.15, 0.2) is 72.8 Å². The summed E-state index contributed by atoms with van der Waals surface area (Å²) in [6, 6.07) is 20.8. The van der Waals surface area contributed by atoms with Gasteiger partial charge in [0.1, 0.15) is 0 Å². The summed E-state index contributed by atoms with van der Waals surface area (Å²) in [6.07, 6.45) is 5.83. The molecule has 0 nitrogen and oxygen atoms in total. The summed E-state index contributed by atoms with van der Waals surface area (Å²) >= 11 is 6.82. The Morgan fingerprint density at radius 2 is 1.26 bits per heavy atom. The van der Waals surface area contributed by atoms with Gasteiger partial charge < -0.3 is 0 Å². The number of allylic oxidation sites excluding steroid dienone is 2. The van der Waals surface area contributed by atoms with Gasteiger partial charge in [-0.2, -0.15) is 0 Å². The third-order valence-corrected chi connectivity index (χ3v) is 3.54. The summed E-state index contributed by atoms with van der Waals surface area (Å²) in [4.78, 5) is -0.350. The standard InChI is InChI=1S/C18H19Cl/c1-2-13-18(19,14-16-9-5-3-6-10-16)15-17-11-7-4-8-12-17/h2-13H,14-15H2,1H3. The number of benzene rings is 2. The van der Waals surface area contributed by atoms with E-state index in [9.17, 15) is 0 Å². The molecule has 19 heavy (non-hydrogen) atoms. The zero-order valence-corrected chi connectivity index (χ0v) is 12.0.